The molecule has 0 amide bonds. The number of benzene rings is 2. The first-order chi connectivity index (χ1) is 8.15. The normalized spacial score (nSPS) is 10.2. The maximum atomic E-state index is 13.3. The van der Waals surface area contributed by atoms with E-state index in [9.17, 15) is 8.78 Å². The Morgan fingerprint density at radius 1 is 1.00 bits per heavy atom. The molecule has 0 unspecified atom stereocenters. The van der Waals surface area contributed by atoms with E-state index in [2.05, 4.69) is 5.32 Å². The van der Waals surface area contributed by atoms with Gasteiger partial charge in [-0.1, -0.05) is 12.1 Å². The third-order valence-corrected chi connectivity index (χ3v) is 2.35. The molecule has 0 aliphatic rings. The van der Waals surface area contributed by atoms with Gasteiger partial charge >= 0.3 is 0 Å². The molecule has 0 aliphatic carbocycles. The quantitative estimate of drug-likeness (QED) is 0.855. The minimum atomic E-state index is -0.495. The van der Waals surface area contributed by atoms with Crippen molar-refractivity contribution in [2.45, 2.75) is 6.54 Å². The third kappa shape index (κ3) is 2.93. The van der Waals surface area contributed by atoms with Crippen molar-refractivity contribution in [2.24, 2.45) is 0 Å². The summed E-state index contributed by atoms with van der Waals surface area (Å²) >= 11 is 0. The highest BCUT2D eigenvalue weighted by Gasteiger charge is 2.03. The average molecular weight is 235 g/mol. The lowest BCUT2D eigenvalue weighted by Crippen LogP contribution is -2.01. The molecule has 0 fully saturated rings. The van der Waals surface area contributed by atoms with Crippen molar-refractivity contribution in [1.82, 2.24) is 0 Å². The number of phenolic OH excluding ortho intramolecular Hbond substituents is 1. The Morgan fingerprint density at radius 3 is 2.41 bits per heavy atom. The van der Waals surface area contributed by atoms with E-state index < -0.39 is 11.6 Å². The molecular weight excluding hydrogens is 224 g/mol. The van der Waals surface area contributed by atoms with Crippen LogP contribution in [0.1, 0.15) is 5.56 Å². The second kappa shape index (κ2) is 4.82. The van der Waals surface area contributed by atoms with Crippen LogP contribution < -0.4 is 5.32 Å². The molecule has 0 aliphatic heterocycles. The Hall–Kier alpha value is -2.10. The summed E-state index contributed by atoms with van der Waals surface area (Å²) in [6, 6.07) is 9.75. The molecule has 0 bridgehead atoms. The highest BCUT2D eigenvalue weighted by molar-refractivity contribution is 5.45. The minimum Gasteiger partial charge on any atom is -0.508 e. The molecule has 0 atom stereocenters. The second-order valence-electron chi connectivity index (χ2n) is 3.64. The number of halogens is 2. The Labute approximate surface area is 97.5 Å². The largest absolute Gasteiger partial charge is 0.508 e. The van der Waals surface area contributed by atoms with E-state index in [4.69, 9.17) is 5.11 Å². The van der Waals surface area contributed by atoms with Gasteiger partial charge in [0.15, 0.2) is 0 Å². The van der Waals surface area contributed by atoms with E-state index >= 15 is 0 Å². The van der Waals surface area contributed by atoms with Gasteiger partial charge in [0.25, 0.3) is 0 Å². The smallest absolute Gasteiger partial charge is 0.146 e. The van der Waals surface area contributed by atoms with Gasteiger partial charge in [-0.2, -0.15) is 0 Å². The molecule has 0 spiro atoms. The standard InChI is InChI=1S/C13H11F2NO/c14-10-3-6-12(15)13(7-10)16-8-9-1-4-11(17)5-2-9/h1-7,16-17H,8H2. The predicted molar refractivity (Wildman–Crippen MR) is 61.8 cm³/mol. The lowest BCUT2D eigenvalue weighted by atomic mass is 10.2. The fourth-order valence-corrected chi connectivity index (χ4v) is 1.44. The zero-order valence-corrected chi connectivity index (χ0v) is 8.95. The zero-order chi connectivity index (χ0) is 12.3. The summed E-state index contributed by atoms with van der Waals surface area (Å²) in [5.41, 5.74) is 0.990. The SMILES string of the molecule is Oc1ccc(CNc2cc(F)ccc2F)cc1. The minimum absolute atomic E-state index is 0.123. The molecule has 2 nitrogen and oxygen atoms in total. The fraction of sp³-hybridized carbons (Fsp3) is 0.0769. The lowest BCUT2D eigenvalue weighted by Gasteiger charge is -2.07. The summed E-state index contributed by atoms with van der Waals surface area (Å²) < 4.78 is 26.2. The molecule has 2 N–H and O–H groups in total. The first-order valence-corrected chi connectivity index (χ1v) is 5.12. The van der Waals surface area contributed by atoms with Crippen LogP contribution in [0.5, 0.6) is 5.75 Å². The Kier molecular flexibility index (Phi) is 3.23. The Morgan fingerprint density at radius 2 is 1.71 bits per heavy atom. The number of hydrogen-bond donors (Lipinski definition) is 2. The fourth-order valence-electron chi connectivity index (χ4n) is 1.44. The van der Waals surface area contributed by atoms with Gasteiger partial charge in [-0.3, -0.25) is 0 Å². The molecule has 2 aromatic carbocycles. The van der Waals surface area contributed by atoms with E-state index in [0.29, 0.717) is 6.54 Å². The van der Waals surface area contributed by atoms with Crippen LogP contribution in [0.3, 0.4) is 0 Å². The predicted octanol–water partition coefficient (Wildman–Crippen LogP) is 3.28. The Balaban J connectivity index is 2.07. The van der Waals surface area contributed by atoms with Crippen LogP contribution >= 0.6 is 0 Å². The van der Waals surface area contributed by atoms with Gasteiger partial charge < -0.3 is 10.4 Å². The maximum absolute atomic E-state index is 13.3. The summed E-state index contributed by atoms with van der Waals surface area (Å²) in [7, 11) is 0. The molecule has 0 radical (unpaired) electrons. The number of rotatable bonds is 3. The van der Waals surface area contributed by atoms with Gasteiger partial charge in [-0.25, -0.2) is 8.78 Å². The molecule has 2 aromatic rings. The summed E-state index contributed by atoms with van der Waals surface area (Å²) in [5, 5.41) is 11.9. The molecule has 0 aromatic heterocycles. The monoisotopic (exact) mass is 235 g/mol. The van der Waals surface area contributed by atoms with Crippen molar-refractivity contribution >= 4 is 5.69 Å². The zero-order valence-electron chi connectivity index (χ0n) is 8.95. The van der Waals surface area contributed by atoms with E-state index in [-0.39, 0.29) is 11.4 Å². The van der Waals surface area contributed by atoms with Gasteiger partial charge in [0, 0.05) is 6.54 Å². The molecule has 2 rings (SSSR count). The lowest BCUT2D eigenvalue weighted by molar-refractivity contribution is 0.475. The number of nitrogens with one attached hydrogen (secondary N) is 1. The van der Waals surface area contributed by atoms with Crippen LogP contribution in [0.4, 0.5) is 14.5 Å². The maximum Gasteiger partial charge on any atom is 0.146 e. The van der Waals surface area contributed by atoms with Crippen LogP contribution in [0.2, 0.25) is 0 Å². The van der Waals surface area contributed by atoms with Crippen molar-refractivity contribution in [3.63, 3.8) is 0 Å². The first kappa shape index (κ1) is 11.4. The summed E-state index contributed by atoms with van der Waals surface area (Å²) in [6.45, 7) is 0.362. The van der Waals surface area contributed by atoms with Gasteiger partial charge in [0.2, 0.25) is 0 Å². The first-order valence-electron chi connectivity index (χ1n) is 5.12. The number of hydrogen-bond acceptors (Lipinski definition) is 2. The number of aromatic hydroxyl groups is 1. The van der Waals surface area contributed by atoms with Gasteiger partial charge in [0.1, 0.15) is 17.4 Å². The van der Waals surface area contributed by atoms with E-state index in [1.807, 2.05) is 0 Å². The van der Waals surface area contributed by atoms with Crippen molar-refractivity contribution in [3.8, 4) is 5.75 Å². The van der Waals surface area contributed by atoms with Crippen molar-refractivity contribution < 1.29 is 13.9 Å². The van der Waals surface area contributed by atoms with Crippen LogP contribution in [-0.4, -0.2) is 5.11 Å². The highest BCUT2D eigenvalue weighted by Crippen LogP contribution is 2.17. The summed E-state index contributed by atoms with van der Waals surface area (Å²) in [4.78, 5) is 0. The van der Waals surface area contributed by atoms with E-state index in [1.165, 1.54) is 0 Å². The summed E-state index contributed by atoms with van der Waals surface area (Å²) in [5.74, 6) is -0.810. The van der Waals surface area contributed by atoms with Crippen molar-refractivity contribution in [2.75, 3.05) is 5.32 Å². The Bertz CT molecular complexity index is 511. The number of phenols is 1. The van der Waals surface area contributed by atoms with E-state index in [0.717, 1.165) is 23.8 Å². The molecule has 0 saturated heterocycles. The molecule has 0 saturated carbocycles. The summed E-state index contributed by atoms with van der Waals surface area (Å²) in [6.07, 6.45) is 0. The van der Waals surface area contributed by atoms with E-state index in [1.54, 1.807) is 24.3 Å². The molecule has 17 heavy (non-hydrogen) atoms. The van der Waals surface area contributed by atoms with Crippen LogP contribution in [0, 0.1) is 11.6 Å². The van der Waals surface area contributed by atoms with Crippen LogP contribution in [0.25, 0.3) is 0 Å². The highest BCUT2D eigenvalue weighted by atomic mass is 19.1. The molecular formula is C13H11F2NO. The third-order valence-electron chi connectivity index (χ3n) is 2.35. The number of anilines is 1. The topological polar surface area (TPSA) is 32.3 Å². The second-order valence-corrected chi connectivity index (χ2v) is 3.64. The van der Waals surface area contributed by atoms with Gasteiger partial charge in [-0.15, -0.1) is 0 Å². The van der Waals surface area contributed by atoms with Gasteiger partial charge in [-0.05, 0) is 35.9 Å². The van der Waals surface area contributed by atoms with Crippen molar-refractivity contribution in [1.29, 1.82) is 0 Å². The molecule has 4 heteroatoms. The van der Waals surface area contributed by atoms with Gasteiger partial charge in [0.05, 0.1) is 5.69 Å². The van der Waals surface area contributed by atoms with Crippen LogP contribution in [-0.2, 0) is 6.54 Å². The average Bonchev–Trinajstić information content (AvgIpc) is 2.32. The van der Waals surface area contributed by atoms with Crippen molar-refractivity contribution in [3.05, 3.63) is 59.7 Å². The molecule has 0 heterocycles. The van der Waals surface area contributed by atoms with Crippen LogP contribution in [0.15, 0.2) is 42.5 Å². The molecule has 88 valence electrons.